The number of fused-ring (bicyclic) bond motifs is 1. The number of rotatable bonds is 3. The van der Waals surface area contributed by atoms with Gasteiger partial charge in [-0.25, -0.2) is 9.78 Å². The van der Waals surface area contributed by atoms with E-state index in [0.717, 1.165) is 24.0 Å². The van der Waals surface area contributed by atoms with E-state index in [2.05, 4.69) is 22.2 Å². The first-order chi connectivity index (χ1) is 13.5. The third-order valence-electron chi connectivity index (χ3n) is 7.53. The van der Waals surface area contributed by atoms with Crippen LogP contribution in [-0.4, -0.2) is 50.2 Å². The Kier molecular flexibility index (Phi) is 4.45. The summed E-state index contributed by atoms with van der Waals surface area (Å²) in [7, 11) is 4.07. The number of likely N-dealkylation sites (tertiary alicyclic amines) is 1. The zero-order chi connectivity index (χ0) is 19.3. The topological polar surface area (TPSA) is 68.0 Å². The van der Waals surface area contributed by atoms with Gasteiger partial charge >= 0.3 is 5.69 Å². The largest absolute Gasteiger partial charge is 0.351 e. The molecule has 7 nitrogen and oxygen atoms in total. The van der Waals surface area contributed by atoms with Crippen LogP contribution in [-0.2, 0) is 7.05 Å². The third kappa shape index (κ3) is 3.04. The van der Waals surface area contributed by atoms with Gasteiger partial charge in [0.05, 0.1) is 6.20 Å². The van der Waals surface area contributed by atoms with Gasteiger partial charge in [0.25, 0.3) is 0 Å². The van der Waals surface area contributed by atoms with Gasteiger partial charge in [0.1, 0.15) is 5.52 Å². The Morgan fingerprint density at radius 1 is 1.11 bits per heavy atom. The fraction of sp³-hybridized carbons (Fsp3) is 0.762. The average molecular weight is 385 g/mol. The van der Waals surface area contributed by atoms with Crippen molar-refractivity contribution in [2.75, 3.05) is 25.5 Å². The van der Waals surface area contributed by atoms with Gasteiger partial charge in [0.2, 0.25) is 5.95 Å². The van der Waals surface area contributed by atoms with Crippen LogP contribution in [0.25, 0.3) is 11.2 Å². The van der Waals surface area contributed by atoms with E-state index in [-0.39, 0.29) is 11.7 Å². The highest BCUT2D eigenvalue weighted by molar-refractivity contribution is 5.72. The van der Waals surface area contributed by atoms with Crippen molar-refractivity contribution in [1.29, 1.82) is 0 Å². The minimum Gasteiger partial charge on any atom is -0.351 e. The predicted molar refractivity (Wildman–Crippen MR) is 111 cm³/mol. The minimum atomic E-state index is 0.0401. The number of hydrogen-bond acceptors (Lipinski definition) is 5. The molecule has 1 saturated heterocycles. The molecule has 3 fully saturated rings. The van der Waals surface area contributed by atoms with E-state index >= 15 is 0 Å². The molecule has 5 rings (SSSR count). The molecule has 1 aliphatic heterocycles. The van der Waals surface area contributed by atoms with E-state index in [9.17, 15) is 4.79 Å². The van der Waals surface area contributed by atoms with Gasteiger partial charge in [-0.3, -0.25) is 9.13 Å². The summed E-state index contributed by atoms with van der Waals surface area (Å²) in [6.07, 6.45) is 12.6. The Labute approximate surface area is 166 Å². The molecule has 0 atom stereocenters. The van der Waals surface area contributed by atoms with Gasteiger partial charge in [-0.2, -0.15) is 4.98 Å². The first-order valence-electron chi connectivity index (χ1n) is 10.9. The number of imidazole rings is 1. The molecule has 2 aromatic heterocycles. The van der Waals surface area contributed by atoms with Gasteiger partial charge < -0.3 is 10.2 Å². The van der Waals surface area contributed by atoms with Crippen LogP contribution in [0.1, 0.15) is 63.8 Å². The molecule has 1 spiro atoms. The standard InChI is InChI=1S/C21H32N6O/c1-25-12-11-21(14-25)9-7-15(8-10-21)23-19-22-13-17-18(24-19)27(20(28)26(17)2)16-5-3-4-6-16/h13,15-16H,3-12,14H2,1-2H3,(H,22,23,24). The fourth-order valence-electron chi connectivity index (χ4n) is 5.82. The molecular formula is C21H32N6O. The Morgan fingerprint density at radius 3 is 2.54 bits per heavy atom. The summed E-state index contributed by atoms with van der Waals surface area (Å²) in [6, 6.07) is 0.720. The van der Waals surface area contributed by atoms with Gasteiger partial charge in [-0.15, -0.1) is 0 Å². The molecule has 1 N–H and O–H groups in total. The average Bonchev–Trinajstić information content (AvgIpc) is 3.39. The molecule has 0 unspecified atom stereocenters. The van der Waals surface area contributed by atoms with Crippen LogP contribution in [0.15, 0.2) is 11.0 Å². The second-order valence-corrected chi connectivity index (χ2v) is 9.46. The molecule has 3 aliphatic rings. The molecule has 0 bridgehead atoms. The summed E-state index contributed by atoms with van der Waals surface area (Å²) < 4.78 is 3.61. The molecule has 2 aromatic rings. The zero-order valence-electron chi connectivity index (χ0n) is 17.2. The lowest BCUT2D eigenvalue weighted by Crippen LogP contribution is -2.35. The Morgan fingerprint density at radius 2 is 1.86 bits per heavy atom. The summed E-state index contributed by atoms with van der Waals surface area (Å²) in [5, 5.41) is 3.58. The summed E-state index contributed by atoms with van der Waals surface area (Å²) in [6.45, 7) is 2.49. The summed E-state index contributed by atoms with van der Waals surface area (Å²) >= 11 is 0. The van der Waals surface area contributed by atoms with Crippen molar-refractivity contribution < 1.29 is 0 Å². The van der Waals surface area contributed by atoms with Crippen LogP contribution in [0.2, 0.25) is 0 Å². The molecule has 7 heteroatoms. The first-order valence-corrected chi connectivity index (χ1v) is 10.9. The number of anilines is 1. The predicted octanol–water partition coefficient (Wildman–Crippen LogP) is 2.92. The molecule has 2 saturated carbocycles. The molecule has 3 heterocycles. The number of aryl methyl sites for hydroxylation is 1. The lowest BCUT2D eigenvalue weighted by molar-refractivity contribution is 0.187. The van der Waals surface area contributed by atoms with Crippen LogP contribution < -0.4 is 11.0 Å². The highest BCUT2D eigenvalue weighted by Gasteiger charge is 2.39. The quantitative estimate of drug-likeness (QED) is 0.881. The second kappa shape index (κ2) is 6.87. The summed E-state index contributed by atoms with van der Waals surface area (Å²) in [5.41, 5.74) is 2.21. The van der Waals surface area contributed by atoms with Gasteiger partial charge in [-0.1, -0.05) is 12.8 Å². The number of aromatic nitrogens is 4. The van der Waals surface area contributed by atoms with Crippen molar-refractivity contribution in [3.8, 4) is 0 Å². The van der Waals surface area contributed by atoms with E-state index in [1.54, 1.807) is 4.57 Å². The Bertz CT molecular complexity index is 917. The van der Waals surface area contributed by atoms with E-state index in [1.807, 2.05) is 17.8 Å². The number of hydrogen-bond donors (Lipinski definition) is 1. The van der Waals surface area contributed by atoms with Crippen LogP contribution >= 0.6 is 0 Å². The van der Waals surface area contributed by atoms with Crippen molar-refractivity contribution in [2.45, 2.75) is 69.9 Å². The maximum atomic E-state index is 12.8. The third-order valence-corrected chi connectivity index (χ3v) is 7.53. The highest BCUT2D eigenvalue weighted by Crippen LogP contribution is 2.43. The maximum absolute atomic E-state index is 12.8. The smallest absolute Gasteiger partial charge is 0.330 e. The van der Waals surface area contributed by atoms with Crippen molar-refractivity contribution in [2.24, 2.45) is 12.5 Å². The zero-order valence-corrected chi connectivity index (χ0v) is 17.2. The van der Waals surface area contributed by atoms with Crippen LogP contribution in [0, 0.1) is 5.41 Å². The molecule has 0 radical (unpaired) electrons. The molecule has 152 valence electrons. The number of nitrogens with zero attached hydrogens (tertiary/aromatic N) is 5. The van der Waals surface area contributed by atoms with Crippen molar-refractivity contribution in [3.63, 3.8) is 0 Å². The summed E-state index contributed by atoms with van der Waals surface area (Å²) in [5.74, 6) is 0.675. The van der Waals surface area contributed by atoms with Gasteiger partial charge in [0.15, 0.2) is 5.65 Å². The first kappa shape index (κ1) is 18.2. The molecule has 28 heavy (non-hydrogen) atoms. The SMILES string of the molecule is CN1CCC2(CCC(Nc3ncc4c(n3)n(C3CCCC3)c(=O)n4C)CC2)C1. The lowest BCUT2D eigenvalue weighted by atomic mass is 9.72. The molecule has 2 aliphatic carbocycles. The number of nitrogens with one attached hydrogen (secondary N) is 1. The fourth-order valence-corrected chi connectivity index (χ4v) is 5.82. The van der Waals surface area contributed by atoms with Crippen LogP contribution in [0.3, 0.4) is 0 Å². The maximum Gasteiger partial charge on any atom is 0.330 e. The molecule has 0 aromatic carbocycles. The minimum absolute atomic E-state index is 0.0401. The van der Waals surface area contributed by atoms with E-state index < -0.39 is 0 Å². The van der Waals surface area contributed by atoms with Crippen molar-refractivity contribution in [3.05, 3.63) is 16.7 Å². The van der Waals surface area contributed by atoms with Crippen LogP contribution in [0.5, 0.6) is 0 Å². The second-order valence-electron chi connectivity index (χ2n) is 9.46. The van der Waals surface area contributed by atoms with Crippen molar-refractivity contribution in [1.82, 2.24) is 24.0 Å². The summed E-state index contributed by atoms with van der Waals surface area (Å²) in [4.78, 5) is 24.6. The lowest BCUT2D eigenvalue weighted by Gasteiger charge is -2.37. The van der Waals surface area contributed by atoms with Gasteiger partial charge in [0, 0.05) is 25.7 Å². The van der Waals surface area contributed by atoms with Crippen molar-refractivity contribution >= 4 is 17.1 Å². The Balaban J connectivity index is 1.36. The van der Waals surface area contributed by atoms with E-state index in [4.69, 9.17) is 4.98 Å². The van der Waals surface area contributed by atoms with Gasteiger partial charge in [-0.05, 0) is 64.0 Å². The molecular weight excluding hydrogens is 352 g/mol. The van der Waals surface area contributed by atoms with E-state index in [0.29, 0.717) is 17.4 Å². The van der Waals surface area contributed by atoms with E-state index in [1.165, 1.54) is 58.0 Å². The molecule has 0 amide bonds. The highest BCUT2D eigenvalue weighted by atomic mass is 16.1. The Hall–Kier alpha value is -1.89. The normalized spacial score (nSPS) is 29.3. The monoisotopic (exact) mass is 384 g/mol. The van der Waals surface area contributed by atoms with Crippen LogP contribution in [0.4, 0.5) is 5.95 Å².